The quantitative estimate of drug-likeness (QED) is 0.759. The highest BCUT2D eigenvalue weighted by atomic mass is 79.9. The summed E-state index contributed by atoms with van der Waals surface area (Å²) in [4.78, 5) is 25.5. The van der Waals surface area contributed by atoms with Crippen molar-refractivity contribution in [1.82, 2.24) is 0 Å². The molecule has 0 atom stereocenters. The third-order valence-corrected chi connectivity index (χ3v) is 3.28. The molecule has 2 amide bonds. The molecule has 1 radical (unpaired) electrons. The Morgan fingerprint density at radius 1 is 1.00 bits per heavy atom. The van der Waals surface area contributed by atoms with Crippen LogP contribution in [0.3, 0.4) is 0 Å². The van der Waals surface area contributed by atoms with Gasteiger partial charge in [0.15, 0.2) is 0 Å². The topological polar surface area (TPSA) is 37.4 Å². The van der Waals surface area contributed by atoms with Gasteiger partial charge in [0.1, 0.15) is 0 Å². The van der Waals surface area contributed by atoms with Crippen LogP contribution >= 0.6 is 15.9 Å². The molecule has 0 aliphatic carbocycles. The molecule has 0 bridgehead atoms. The van der Waals surface area contributed by atoms with E-state index in [0.29, 0.717) is 16.8 Å². The minimum absolute atomic E-state index is 0.301. The van der Waals surface area contributed by atoms with Crippen LogP contribution in [0.5, 0.6) is 0 Å². The molecule has 0 unspecified atom stereocenters. The molecular weight excluding hydrogens is 294 g/mol. The Balaban J connectivity index is 2.12. The van der Waals surface area contributed by atoms with E-state index in [1.54, 1.807) is 42.5 Å². The summed E-state index contributed by atoms with van der Waals surface area (Å²) in [5.41, 5.74) is 1.34. The van der Waals surface area contributed by atoms with E-state index in [0.717, 1.165) is 9.37 Å². The second-order valence-electron chi connectivity index (χ2n) is 3.88. The van der Waals surface area contributed by atoms with Gasteiger partial charge in [0, 0.05) is 10.5 Å². The smallest absolute Gasteiger partial charge is 0.266 e. The third-order valence-electron chi connectivity index (χ3n) is 2.78. The Morgan fingerprint density at radius 2 is 1.61 bits per heavy atom. The van der Waals surface area contributed by atoms with Crippen LogP contribution in [-0.4, -0.2) is 11.8 Å². The monoisotopic (exact) mass is 300 g/mol. The standard InChI is InChI=1S/C14H7BrNO2/c15-9-4-3-5-10(8-9)16-13(17)11-6-1-2-7-12(11)14(16)18/h1-4,6-8H. The number of rotatable bonds is 1. The molecule has 0 aromatic heterocycles. The van der Waals surface area contributed by atoms with Crippen molar-refractivity contribution in [1.29, 1.82) is 0 Å². The van der Waals surface area contributed by atoms with Gasteiger partial charge in [-0.15, -0.1) is 0 Å². The first-order chi connectivity index (χ1) is 8.68. The van der Waals surface area contributed by atoms with Gasteiger partial charge in [-0.2, -0.15) is 0 Å². The maximum Gasteiger partial charge on any atom is 0.266 e. The second-order valence-corrected chi connectivity index (χ2v) is 4.80. The average Bonchev–Trinajstić information content (AvgIpc) is 2.63. The molecule has 1 aliphatic heterocycles. The molecule has 3 nitrogen and oxygen atoms in total. The summed E-state index contributed by atoms with van der Waals surface area (Å²) in [6.07, 6.45) is 0. The van der Waals surface area contributed by atoms with Gasteiger partial charge >= 0.3 is 0 Å². The number of hydrogen-bond donors (Lipinski definition) is 0. The van der Waals surface area contributed by atoms with Gasteiger partial charge in [-0.1, -0.05) is 34.1 Å². The predicted octanol–water partition coefficient (Wildman–Crippen LogP) is 3.05. The van der Waals surface area contributed by atoms with E-state index < -0.39 is 0 Å². The summed E-state index contributed by atoms with van der Waals surface area (Å²) < 4.78 is 0.799. The van der Waals surface area contributed by atoms with Crippen molar-refractivity contribution < 1.29 is 9.59 Å². The van der Waals surface area contributed by atoms with E-state index >= 15 is 0 Å². The van der Waals surface area contributed by atoms with Crippen LogP contribution in [0, 0.1) is 6.07 Å². The molecule has 4 heteroatoms. The van der Waals surface area contributed by atoms with E-state index in [9.17, 15) is 9.59 Å². The number of carbonyl (C=O) groups is 2. The van der Waals surface area contributed by atoms with Gasteiger partial charge in [0.25, 0.3) is 11.8 Å². The predicted molar refractivity (Wildman–Crippen MR) is 70.6 cm³/mol. The zero-order valence-electron chi connectivity index (χ0n) is 9.18. The van der Waals surface area contributed by atoms with Crippen LogP contribution in [0.25, 0.3) is 0 Å². The fraction of sp³-hybridized carbons (Fsp3) is 0. The Hall–Kier alpha value is -1.94. The zero-order valence-corrected chi connectivity index (χ0v) is 10.8. The van der Waals surface area contributed by atoms with Crippen LogP contribution in [-0.2, 0) is 0 Å². The summed E-state index contributed by atoms with van der Waals surface area (Å²) in [5.74, 6) is -0.602. The number of imide groups is 1. The summed E-state index contributed by atoms with van der Waals surface area (Å²) >= 11 is 3.31. The van der Waals surface area contributed by atoms with Gasteiger partial charge in [-0.05, 0) is 24.3 Å². The average molecular weight is 301 g/mol. The van der Waals surface area contributed by atoms with Crippen molar-refractivity contribution in [3.63, 3.8) is 0 Å². The van der Waals surface area contributed by atoms with Crippen molar-refractivity contribution in [2.45, 2.75) is 0 Å². The van der Waals surface area contributed by atoms with Crippen molar-refractivity contribution >= 4 is 33.4 Å². The number of halogens is 1. The first kappa shape index (κ1) is 11.2. The molecule has 0 saturated carbocycles. The largest absolute Gasteiger partial charge is 0.268 e. The van der Waals surface area contributed by atoms with Crippen LogP contribution in [0.1, 0.15) is 20.7 Å². The maximum atomic E-state index is 12.2. The van der Waals surface area contributed by atoms with Gasteiger partial charge in [-0.3, -0.25) is 9.59 Å². The minimum Gasteiger partial charge on any atom is -0.268 e. The number of hydrogen-bond acceptors (Lipinski definition) is 2. The van der Waals surface area contributed by atoms with E-state index in [2.05, 4.69) is 22.0 Å². The van der Waals surface area contributed by atoms with Gasteiger partial charge in [-0.25, -0.2) is 4.90 Å². The van der Waals surface area contributed by atoms with Crippen LogP contribution in [0.15, 0.2) is 46.9 Å². The number of fused-ring (bicyclic) bond motifs is 1. The molecule has 1 heterocycles. The molecule has 18 heavy (non-hydrogen) atoms. The highest BCUT2D eigenvalue weighted by Crippen LogP contribution is 2.29. The molecule has 0 N–H and O–H groups in total. The van der Waals surface area contributed by atoms with Crippen LogP contribution < -0.4 is 4.90 Å². The van der Waals surface area contributed by atoms with Crippen molar-refractivity contribution in [3.8, 4) is 0 Å². The van der Waals surface area contributed by atoms with Crippen molar-refractivity contribution in [2.24, 2.45) is 0 Å². The minimum atomic E-state index is -0.301. The molecule has 0 saturated heterocycles. The highest BCUT2D eigenvalue weighted by molar-refractivity contribution is 9.10. The fourth-order valence-electron chi connectivity index (χ4n) is 1.96. The lowest BCUT2D eigenvalue weighted by atomic mass is 10.1. The molecule has 1 aliphatic rings. The van der Waals surface area contributed by atoms with E-state index in [4.69, 9.17) is 0 Å². The summed E-state index contributed by atoms with van der Waals surface area (Å²) in [5, 5.41) is 0. The Bertz CT molecular complexity index is 631. The van der Waals surface area contributed by atoms with Gasteiger partial charge < -0.3 is 0 Å². The first-order valence-corrected chi connectivity index (χ1v) is 6.13. The maximum absolute atomic E-state index is 12.2. The van der Waals surface area contributed by atoms with E-state index in [1.165, 1.54) is 0 Å². The number of nitrogens with zero attached hydrogens (tertiary/aromatic N) is 1. The lowest BCUT2D eigenvalue weighted by Gasteiger charge is -2.13. The number of benzene rings is 2. The summed E-state index contributed by atoms with van der Waals surface area (Å²) in [7, 11) is 0. The highest BCUT2D eigenvalue weighted by Gasteiger charge is 2.36. The van der Waals surface area contributed by atoms with E-state index in [-0.39, 0.29) is 11.8 Å². The number of anilines is 1. The van der Waals surface area contributed by atoms with Crippen LogP contribution in [0.4, 0.5) is 5.69 Å². The third kappa shape index (κ3) is 1.57. The van der Waals surface area contributed by atoms with Crippen molar-refractivity contribution in [2.75, 3.05) is 4.90 Å². The summed E-state index contributed by atoms with van der Waals surface area (Å²) in [6, 6.07) is 14.9. The Labute approximate surface area is 112 Å². The molecule has 2 aromatic carbocycles. The summed E-state index contributed by atoms with van der Waals surface area (Å²) in [6.45, 7) is 0. The lowest BCUT2D eigenvalue weighted by Crippen LogP contribution is -2.29. The Kier molecular flexibility index (Phi) is 2.52. The molecule has 0 fully saturated rings. The van der Waals surface area contributed by atoms with Crippen molar-refractivity contribution in [3.05, 3.63) is 64.1 Å². The zero-order chi connectivity index (χ0) is 12.7. The lowest BCUT2D eigenvalue weighted by molar-refractivity contribution is 0.0926. The van der Waals surface area contributed by atoms with Crippen LogP contribution in [0.2, 0.25) is 0 Å². The normalized spacial score (nSPS) is 13.9. The molecule has 2 aromatic rings. The van der Waals surface area contributed by atoms with Gasteiger partial charge in [0.2, 0.25) is 0 Å². The van der Waals surface area contributed by atoms with E-state index in [1.807, 2.05) is 0 Å². The number of carbonyl (C=O) groups excluding carboxylic acids is 2. The van der Waals surface area contributed by atoms with Gasteiger partial charge in [0.05, 0.1) is 16.8 Å². The fourth-order valence-corrected chi connectivity index (χ4v) is 2.31. The Morgan fingerprint density at radius 3 is 2.17 bits per heavy atom. The first-order valence-electron chi connectivity index (χ1n) is 5.33. The molecular formula is C14H7BrNO2. The second kappa shape index (κ2) is 4.07. The molecule has 3 rings (SSSR count). The number of amides is 2. The SMILES string of the molecule is O=C1c2ccccc2C(=O)N1c1[c]ccc(Br)c1. The molecule has 0 spiro atoms. The molecule has 87 valence electrons.